The van der Waals surface area contributed by atoms with Crippen molar-refractivity contribution in [2.45, 2.75) is 39.7 Å². The molecule has 1 aliphatic rings. The second kappa shape index (κ2) is 5.64. The van der Waals surface area contributed by atoms with Crippen LogP contribution in [-0.2, 0) is 4.79 Å². The van der Waals surface area contributed by atoms with Crippen LogP contribution in [0, 0.1) is 5.41 Å². The number of piperazine rings is 1. The van der Waals surface area contributed by atoms with E-state index in [1.807, 2.05) is 13.8 Å². The van der Waals surface area contributed by atoms with Crippen molar-refractivity contribution in [3.8, 4) is 0 Å². The first kappa shape index (κ1) is 13.5. The Morgan fingerprint density at radius 1 is 1.50 bits per heavy atom. The second-order valence-electron chi connectivity index (χ2n) is 4.82. The van der Waals surface area contributed by atoms with Crippen molar-refractivity contribution < 1.29 is 9.90 Å². The Morgan fingerprint density at radius 3 is 2.56 bits per heavy atom. The maximum absolute atomic E-state index is 11.4. The summed E-state index contributed by atoms with van der Waals surface area (Å²) in [4.78, 5) is 13.7. The van der Waals surface area contributed by atoms with Crippen molar-refractivity contribution in [3.05, 3.63) is 0 Å². The van der Waals surface area contributed by atoms with Crippen molar-refractivity contribution in [3.63, 3.8) is 0 Å². The van der Waals surface area contributed by atoms with Crippen LogP contribution >= 0.6 is 0 Å². The summed E-state index contributed by atoms with van der Waals surface area (Å²) in [5, 5.41) is 12.7. The maximum Gasteiger partial charge on any atom is 0.310 e. The number of carbonyl (C=O) groups is 1. The summed E-state index contributed by atoms with van der Waals surface area (Å²) < 4.78 is 0. The number of nitrogens with zero attached hydrogens (tertiary/aromatic N) is 1. The monoisotopic (exact) mass is 228 g/mol. The zero-order valence-corrected chi connectivity index (χ0v) is 10.6. The summed E-state index contributed by atoms with van der Waals surface area (Å²) in [6, 6.07) is 0.436. The first-order valence-corrected chi connectivity index (χ1v) is 6.24. The molecule has 16 heavy (non-hydrogen) atoms. The van der Waals surface area contributed by atoms with Crippen molar-refractivity contribution in [1.29, 1.82) is 0 Å². The van der Waals surface area contributed by atoms with Gasteiger partial charge < -0.3 is 10.4 Å². The number of carboxylic acid groups (broad SMARTS) is 1. The summed E-state index contributed by atoms with van der Waals surface area (Å²) in [7, 11) is 0. The third kappa shape index (κ3) is 2.74. The maximum atomic E-state index is 11.4. The number of hydrogen-bond donors (Lipinski definition) is 2. The molecule has 1 fully saturated rings. The lowest BCUT2D eigenvalue weighted by molar-refractivity contribution is -0.151. The molecule has 1 rings (SSSR count). The van der Waals surface area contributed by atoms with E-state index in [1.54, 1.807) is 0 Å². The van der Waals surface area contributed by atoms with Gasteiger partial charge in [-0.2, -0.15) is 0 Å². The lowest BCUT2D eigenvalue weighted by Gasteiger charge is -2.40. The van der Waals surface area contributed by atoms with Gasteiger partial charge in [0.05, 0.1) is 5.41 Å². The van der Waals surface area contributed by atoms with Gasteiger partial charge in [-0.25, -0.2) is 0 Å². The molecule has 0 radical (unpaired) electrons. The van der Waals surface area contributed by atoms with Crippen molar-refractivity contribution in [1.82, 2.24) is 10.2 Å². The van der Waals surface area contributed by atoms with Crippen LogP contribution < -0.4 is 5.32 Å². The molecule has 94 valence electrons. The Bertz CT molecular complexity index is 239. The minimum absolute atomic E-state index is 0.436. The lowest BCUT2D eigenvalue weighted by atomic mass is 9.81. The van der Waals surface area contributed by atoms with Crippen LogP contribution in [0.4, 0.5) is 0 Å². The summed E-state index contributed by atoms with van der Waals surface area (Å²) in [5.41, 5.74) is -0.564. The molecular weight excluding hydrogens is 204 g/mol. The molecule has 1 atom stereocenters. The van der Waals surface area contributed by atoms with Crippen LogP contribution in [0.25, 0.3) is 0 Å². The first-order chi connectivity index (χ1) is 7.55. The van der Waals surface area contributed by atoms with E-state index in [4.69, 9.17) is 0 Å². The Labute approximate surface area is 98.0 Å². The molecule has 0 spiro atoms. The molecule has 0 aromatic rings. The summed E-state index contributed by atoms with van der Waals surface area (Å²) >= 11 is 0. The highest BCUT2D eigenvalue weighted by Gasteiger charge is 2.38. The number of carboxylic acids is 1. The highest BCUT2D eigenvalue weighted by atomic mass is 16.4. The van der Waals surface area contributed by atoms with Crippen LogP contribution in [0.15, 0.2) is 0 Å². The molecule has 4 nitrogen and oxygen atoms in total. The number of hydrogen-bond acceptors (Lipinski definition) is 3. The van der Waals surface area contributed by atoms with Crippen molar-refractivity contribution in [2.75, 3.05) is 26.2 Å². The van der Waals surface area contributed by atoms with Gasteiger partial charge >= 0.3 is 5.97 Å². The molecule has 0 saturated carbocycles. The normalized spacial score (nSPS) is 23.3. The number of aliphatic carboxylic acids is 1. The molecule has 0 aliphatic carbocycles. The van der Waals surface area contributed by atoms with E-state index in [1.165, 1.54) is 0 Å². The van der Waals surface area contributed by atoms with Gasteiger partial charge in [-0.15, -0.1) is 0 Å². The van der Waals surface area contributed by atoms with Gasteiger partial charge in [0.15, 0.2) is 0 Å². The lowest BCUT2D eigenvalue weighted by Crippen LogP contribution is -2.54. The zero-order chi connectivity index (χ0) is 12.2. The Hall–Kier alpha value is -0.610. The molecule has 0 aromatic heterocycles. The molecule has 0 aromatic carbocycles. The quantitative estimate of drug-likeness (QED) is 0.741. The fourth-order valence-electron chi connectivity index (χ4n) is 2.35. The molecule has 0 unspecified atom stereocenters. The smallest absolute Gasteiger partial charge is 0.310 e. The molecular formula is C12H24N2O2. The molecule has 0 amide bonds. The Balaban J connectivity index is 2.70. The van der Waals surface area contributed by atoms with Crippen molar-refractivity contribution >= 4 is 5.97 Å². The predicted octanol–water partition coefficient (Wildman–Crippen LogP) is 1.17. The van der Waals surface area contributed by atoms with Crippen LogP contribution in [-0.4, -0.2) is 48.2 Å². The van der Waals surface area contributed by atoms with E-state index >= 15 is 0 Å². The fourth-order valence-corrected chi connectivity index (χ4v) is 2.35. The number of rotatable bonds is 5. The Morgan fingerprint density at radius 2 is 2.12 bits per heavy atom. The topological polar surface area (TPSA) is 52.6 Å². The second-order valence-corrected chi connectivity index (χ2v) is 4.82. The zero-order valence-electron chi connectivity index (χ0n) is 10.6. The van der Waals surface area contributed by atoms with Gasteiger partial charge in [-0.3, -0.25) is 9.69 Å². The summed E-state index contributed by atoms with van der Waals surface area (Å²) in [6.45, 7) is 9.67. The summed E-state index contributed by atoms with van der Waals surface area (Å²) in [5.74, 6) is -0.650. The molecule has 1 aliphatic heterocycles. The van der Waals surface area contributed by atoms with Gasteiger partial charge in [0.25, 0.3) is 0 Å². The average Bonchev–Trinajstić information content (AvgIpc) is 2.28. The first-order valence-electron chi connectivity index (χ1n) is 6.24. The van der Waals surface area contributed by atoms with Crippen LogP contribution in [0.3, 0.4) is 0 Å². The van der Waals surface area contributed by atoms with Crippen LogP contribution in [0.2, 0.25) is 0 Å². The molecule has 2 N–H and O–H groups in total. The van der Waals surface area contributed by atoms with E-state index in [2.05, 4.69) is 17.1 Å². The molecule has 4 heteroatoms. The van der Waals surface area contributed by atoms with Gasteiger partial charge in [-0.05, 0) is 19.8 Å². The fraction of sp³-hybridized carbons (Fsp3) is 0.917. The van der Waals surface area contributed by atoms with E-state index in [9.17, 15) is 9.90 Å². The molecule has 1 saturated heterocycles. The van der Waals surface area contributed by atoms with Crippen LogP contribution in [0.1, 0.15) is 33.6 Å². The van der Waals surface area contributed by atoms with Gasteiger partial charge in [0.1, 0.15) is 0 Å². The highest BCUT2D eigenvalue weighted by Crippen LogP contribution is 2.29. The van der Waals surface area contributed by atoms with Gasteiger partial charge in [0.2, 0.25) is 0 Å². The largest absolute Gasteiger partial charge is 0.481 e. The SMILES string of the molecule is CCC(CC)(CN1CCNC[C@@H]1C)C(=O)O. The minimum atomic E-state index is -0.650. The highest BCUT2D eigenvalue weighted by molar-refractivity contribution is 5.74. The standard InChI is InChI=1S/C12H24N2O2/c1-4-12(5-2,11(15)16)9-14-7-6-13-8-10(14)3/h10,13H,4-9H2,1-3H3,(H,15,16)/t10-/m0/s1. The summed E-state index contributed by atoms with van der Waals surface area (Å²) in [6.07, 6.45) is 1.41. The van der Waals surface area contributed by atoms with E-state index < -0.39 is 11.4 Å². The van der Waals surface area contributed by atoms with E-state index in [0.29, 0.717) is 25.4 Å². The van der Waals surface area contributed by atoms with Gasteiger partial charge in [0, 0.05) is 32.2 Å². The van der Waals surface area contributed by atoms with Crippen molar-refractivity contribution in [2.24, 2.45) is 5.41 Å². The molecule has 1 heterocycles. The predicted molar refractivity (Wildman–Crippen MR) is 64.6 cm³/mol. The van der Waals surface area contributed by atoms with E-state index in [0.717, 1.165) is 19.6 Å². The van der Waals surface area contributed by atoms with E-state index in [-0.39, 0.29) is 0 Å². The third-order valence-corrected chi connectivity index (χ3v) is 3.95. The van der Waals surface area contributed by atoms with Gasteiger partial charge in [-0.1, -0.05) is 13.8 Å². The van der Waals surface area contributed by atoms with Crippen LogP contribution in [0.5, 0.6) is 0 Å². The molecule has 0 bridgehead atoms. The third-order valence-electron chi connectivity index (χ3n) is 3.95. The minimum Gasteiger partial charge on any atom is -0.481 e. The number of nitrogens with one attached hydrogen (secondary N) is 1. The Kier molecular flexibility index (Phi) is 4.74. The average molecular weight is 228 g/mol.